The summed E-state index contributed by atoms with van der Waals surface area (Å²) in [6.45, 7) is -0.0231. The van der Waals surface area contributed by atoms with Gasteiger partial charge >= 0.3 is 0 Å². The number of hydrogen-bond acceptors (Lipinski definition) is 3. The van der Waals surface area contributed by atoms with Gasteiger partial charge in [-0.25, -0.2) is 8.78 Å². The Hall–Kier alpha value is -0.630. The largest absolute Gasteiger partial charge is 0.325 e. The first kappa shape index (κ1) is 11.4. The van der Waals surface area contributed by atoms with Gasteiger partial charge in [-0.05, 0) is 22.6 Å². The van der Waals surface area contributed by atoms with Crippen molar-refractivity contribution >= 4 is 28.9 Å². The Morgan fingerprint density at radius 1 is 1.64 bits per heavy atom. The summed E-state index contributed by atoms with van der Waals surface area (Å²) in [6.07, 6.45) is -1.02. The number of carbonyl (C=O) groups excluding carboxylic acids is 1. The summed E-state index contributed by atoms with van der Waals surface area (Å²) in [4.78, 5) is 14.4. The van der Waals surface area contributed by atoms with E-state index >= 15 is 0 Å². The highest BCUT2D eigenvalue weighted by atomic mass is 127. The van der Waals surface area contributed by atoms with E-state index in [1.54, 1.807) is 22.6 Å². The average Bonchev–Trinajstić information content (AvgIpc) is 2.16. The van der Waals surface area contributed by atoms with Crippen molar-refractivity contribution in [3.8, 4) is 0 Å². The molecule has 0 amide bonds. The van der Waals surface area contributed by atoms with Crippen LogP contribution in [0.3, 0.4) is 0 Å². The number of pyridine rings is 1. The lowest BCUT2D eigenvalue weighted by Crippen LogP contribution is -2.09. The topological polar surface area (TPSA) is 56.0 Å². The molecule has 0 spiro atoms. The van der Waals surface area contributed by atoms with E-state index in [9.17, 15) is 13.6 Å². The molecule has 0 fully saturated rings. The van der Waals surface area contributed by atoms with Crippen molar-refractivity contribution in [2.45, 2.75) is 13.0 Å². The van der Waals surface area contributed by atoms with Crippen LogP contribution in [0.2, 0.25) is 0 Å². The molecule has 0 radical (unpaired) electrons. The van der Waals surface area contributed by atoms with Gasteiger partial charge in [-0.15, -0.1) is 0 Å². The van der Waals surface area contributed by atoms with E-state index in [0.29, 0.717) is 6.29 Å². The molecule has 0 saturated carbocycles. The van der Waals surface area contributed by atoms with E-state index in [1.807, 2.05) is 0 Å². The SMILES string of the molecule is NCc1ncc(I)c(C(F)F)c1C=O. The van der Waals surface area contributed by atoms with Gasteiger partial charge in [0.25, 0.3) is 6.43 Å². The Bertz CT molecular complexity index is 357. The Labute approximate surface area is 92.8 Å². The zero-order chi connectivity index (χ0) is 10.7. The molecule has 0 atom stereocenters. The Balaban J connectivity index is 3.42. The van der Waals surface area contributed by atoms with Crippen molar-refractivity contribution in [1.82, 2.24) is 4.98 Å². The summed E-state index contributed by atoms with van der Waals surface area (Å²) in [5.41, 5.74) is 5.11. The normalized spacial score (nSPS) is 10.6. The maximum Gasteiger partial charge on any atom is 0.265 e. The third kappa shape index (κ3) is 2.06. The van der Waals surface area contributed by atoms with Crippen LogP contribution in [0.5, 0.6) is 0 Å². The molecule has 2 N–H and O–H groups in total. The summed E-state index contributed by atoms with van der Waals surface area (Å²) in [5, 5.41) is 0. The average molecular weight is 312 g/mol. The second-order valence-corrected chi connectivity index (χ2v) is 3.67. The minimum Gasteiger partial charge on any atom is -0.325 e. The molecule has 0 aliphatic carbocycles. The third-order valence-corrected chi connectivity index (χ3v) is 2.58. The molecule has 14 heavy (non-hydrogen) atoms. The molecule has 1 aromatic heterocycles. The molecule has 1 rings (SSSR count). The van der Waals surface area contributed by atoms with Crippen molar-refractivity contribution in [3.05, 3.63) is 26.6 Å². The minimum atomic E-state index is -2.68. The minimum absolute atomic E-state index is 0.0231. The molecule has 0 aliphatic rings. The number of aromatic nitrogens is 1. The number of nitrogens with zero attached hydrogens (tertiary/aromatic N) is 1. The van der Waals surface area contributed by atoms with Gasteiger partial charge in [0.15, 0.2) is 6.29 Å². The lowest BCUT2D eigenvalue weighted by atomic mass is 10.1. The van der Waals surface area contributed by atoms with Gasteiger partial charge in [-0.2, -0.15) is 0 Å². The Morgan fingerprint density at radius 3 is 2.71 bits per heavy atom. The van der Waals surface area contributed by atoms with Crippen LogP contribution in [0.15, 0.2) is 6.20 Å². The van der Waals surface area contributed by atoms with Crippen LogP contribution in [-0.4, -0.2) is 11.3 Å². The maximum atomic E-state index is 12.6. The van der Waals surface area contributed by atoms with Gasteiger partial charge in [-0.3, -0.25) is 9.78 Å². The lowest BCUT2D eigenvalue weighted by molar-refractivity contribution is 0.110. The van der Waals surface area contributed by atoms with Crippen molar-refractivity contribution < 1.29 is 13.6 Å². The van der Waals surface area contributed by atoms with Crippen LogP contribution < -0.4 is 5.73 Å². The Morgan fingerprint density at radius 2 is 2.29 bits per heavy atom. The van der Waals surface area contributed by atoms with Crippen molar-refractivity contribution in [2.24, 2.45) is 5.73 Å². The summed E-state index contributed by atoms with van der Waals surface area (Å²) in [6, 6.07) is 0. The molecule has 1 heterocycles. The predicted octanol–water partition coefficient (Wildman–Crippen LogP) is 1.89. The number of carbonyl (C=O) groups is 1. The number of nitrogens with two attached hydrogens (primary N) is 1. The van der Waals surface area contributed by atoms with Gasteiger partial charge in [0, 0.05) is 27.4 Å². The number of aldehydes is 1. The second kappa shape index (κ2) is 4.74. The van der Waals surface area contributed by atoms with Crippen molar-refractivity contribution in [3.63, 3.8) is 0 Å². The van der Waals surface area contributed by atoms with Crippen molar-refractivity contribution in [1.29, 1.82) is 0 Å². The zero-order valence-corrected chi connectivity index (χ0v) is 9.16. The summed E-state index contributed by atoms with van der Waals surface area (Å²) >= 11 is 1.72. The molecular weight excluding hydrogens is 305 g/mol. The molecule has 0 bridgehead atoms. The number of rotatable bonds is 3. The zero-order valence-electron chi connectivity index (χ0n) is 7.01. The fraction of sp³-hybridized carbons (Fsp3) is 0.250. The van der Waals surface area contributed by atoms with Crippen LogP contribution in [-0.2, 0) is 6.54 Å². The number of alkyl halides is 2. The highest BCUT2D eigenvalue weighted by Gasteiger charge is 2.19. The van der Waals surface area contributed by atoms with Gasteiger partial charge in [0.05, 0.1) is 5.69 Å². The first-order chi connectivity index (χ1) is 6.61. The smallest absolute Gasteiger partial charge is 0.265 e. The quantitative estimate of drug-likeness (QED) is 0.685. The number of hydrogen-bond donors (Lipinski definition) is 1. The molecule has 76 valence electrons. The van der Waals surface area contributed by atoms with Gasteiger partial charge in [0.1, 0.15) is 0 Å². The summed E-state index contributed by atoms with van der Waals surface area (Å²) in [5.74, 6) is 0. The highest BCUT2D eigenvalue weighted by Crippen LogP contribution is 2.27. The molecule has 1 aromatic rings. The van der Waals surface area contributed by atoms with Crippen LogP contribution in [0.4, 0.5) is 8.78 Å². The van der Waals surface area contributed by atoms with Gasteiger partial charge in [0.2, 0.25) is 0 Å². The van der Waals surface area contributed by atoms with Crippen LogP contribution in [0.25, 0.3) is 0 Å². The maximum absolute atomic E-state index is 12.6. The first-order valence-corrected chi connectivity index (χ1v) is 4.80. The lowest BCUT2D eigenvalue weighted by Gasteiger charge is -2.09. The molecular formula is C8H7F2IN2O. The predicted molar refractivity (Wildman–Crippen MR) is 55.2 cm³/mol. The summed E-state index contributed by atoms with van der Waals surface area (Å²) in [7, 11) is 0. The second-order valence-electron chi connectivity index (χ2n) is 2.50. The van der Waals surface area contributed by atoms with Gasteiger partial charge in [-0.1, -0.05) is 0 Å². The standard InChI is InChI=1S/C8H7F2IN2O/c9-8(10)7-4(3-14)6(1-12)13-2-5(7)11/h2-3,8H,1,12H2. The van der Waals surface area contributed by atoms with Gasteiger partial charge < -0.3 is 5.73 Å². The van der Waals surface area contributed by atoms with E-state index in [-0.39, 0.29) is 26.9 Å². The van der Waals surface area contributed by atoms with E-state index in [2.05, 4.69) is 4.98 Å². The van der Waals surface area contributed by atoms with Crippen LogP contribution >= 0.6 is 22.6 Å². The fourth-order valence-electron chi connectivity index (χ4n) is 1.07. The molecule has 0 aliphatic heterocycles. The Kier molecular flexibility index (Phi) is 3.87. The monoisotopic (exact) mass is 312 g/mol. The van der Waals surface area contributed by atoms with E-state index in [4.69, 9.17) is 5.73 Å². The third-order valence-electron chi connectivity index (χ3n) is 1.72. The molecule has 0 unspecified atom stereocenters. The molecule has 0 aromatic carbocycles. The summed E-state index contributed by atoms with van der Waals surface area (Å²) < 4.78 is 25.4. The van der Waals surface area contributed by atoms with E-state index < -0.39 is 6.43 Å². The van der Waals surface area contributed by atoms with E-state index in [0.717, 1.165) is 0 Å². The molecule has 3 nitrogen and oxygen atoms in total. The van der Waals surface area contributed by atoms with Crippen molar-refractivity contribution in [2.75, 3.05) is 0 Å². The first-order valence-electron chi connectivity index (χ1n) is 3.72. The highest BCUT2D eigenvalue weighted by molar-refractivity contribution is 14.1. The fourth-order valence-corrected chi connectivity index (χ4v) is 1.74. The van der Waals surface area contributed by atoms with Crippen LogP contribution in [0, 0.1) is 3.57 Å². The molecule has 0 saturated heterocycles. The van der Waals surface area contributed by atoms with E-state index in [1.165, 1.54) is 6.20 Å². The molecule has 6 heteroatoms. The van der Waals surface area contributed by atoms with Crippen LogP contribution in [0.1, 0.15) is 28.0 Å². The number of halogens is 3.